The maximum absolute atomic E-state index is 12.2. The topological polar surface area (TPSA) is 74.3 Å². The van der Waals surface area contributed by atoms with Crippen molar-refractivity contribution in [3.8, 4) is 0 Å². The highest BCUT2D eigenvalue weighted by molar-refractivity contribution is 5.99. The molecule has 0 radical (unpaired) electrons. The van der Waals surface area contributed by atoms with Crippen molar-refractivity contribution in [3.63, 3.8) is 0 Å². The maximum atomic E-state index is 12.2. The molecule has 0 unspecified atom stereocenters. The second-order valence-corrected chi connectivity index (χ2v) is 5.97. The molecular weight excluding hydrogens is 332 g/mol. The lowest BCUT2D eigenvalue weighted by atomic mass is 10.2. The van der Waals surface area contributed by atoms with E-state index in [0.717, 1.165) is 16.4 Å². The lowest BCUT2D eigenvalue weighted by Gasteiger charge is -2.07. The molecule has 6 heteroatoms. The fourth-order valence-electron chi connectivity index (χ4n) is 2.91. The number of ketones is 1. The van der Waals surface area contributed by atoms with E-state index >= 15 is 0 Å². The lowest BCUT2D eigenvalue weighted by Crippen LogP contribution is -2.18. The van der Waals surface area contributed by atoms with Crippen LogP contribution in [0.2, 0.25) is 0 Å². The Labute approximate surface area is 149 Å². The number of aryl methyl sites for hydroxylation is 1. The number of ether oxygens (including phenoxy) is 1. The predicted octanol–water partition coefficient (Wildman–Crippen LogP) is 3.52. The second-order valence-electron chi connectivity index (χ2n) is 5.97. The minimum atomic E-state index is -0.499. The lowest BCUT2D eigenvalue weighted by molar-refractivity contribution is -0.143. The van der Waals surface area contributed by atoms with Gasteiger partial charge < -0.3 is 13.7 Å². The van der Waals surface area contributed by atoms with Crippen molar-refractivity contribution >= 4 is 33.8 Å². The first-order chi connectivity index (χ1) is 12.6. The van der Waals surface area contributed by atoms with Gasteiger partial charge in [-0.05, 0) is 31.2 Å². The highest BCUT2D eigenvalue weighted by Gasteiger charge is 2.16. The monoisotopic (exact) mass is 348 g/mol. The van der Waals surface area contributed by atoms with E-state index in [1.807, 2.05) is 49.4 Å². The van der Waals surface area contributed by atoms with Gasteiger partial charge in [0, 0.05) is 5.39 Å². The van der Waals surface area contributed by atoms with Crippen LogP contribution in [0, 0.1) is 6.92 Å². The average Bonchev–Trinajstić information content (AvgIpc) is 3.21. The molecule has 0 N–H and O–H groups in total. The summed E-state index contributed by atoms with van der Waals surface area (Å²) in [6, 6.07) is 16.5. The molecule has 0 saturated carbocycles. The van der Waals surface area contributed by atoms with Crippen molar-refractivity contribution in [2.24, 2.45) is 0 Å². The van der Waals surface area contributed by atoms with Gasteiger partial charge >= 0.3 is 5.97 Å². The third-order valence-corrected chi connectivity index (χ3v) is 4.20. The molecule has 0 amide bonds. The van der Waals surface area contributed by atoms with Gasteiger partial charge in [-0.3, -0.25) is 9.59 Å². The molecule has 0 atom stereocenters. The largest absolute Gasteiger partial charge is 0.456 e. The van der Waals surface area contributed by atoms with Crippen molar-refractivity contribution in [2.45, 2.75) is 13.5 Å². The van der Waals surface area contributed by atoms with Crippen LogP contribution in [-0.4, -0.2) is 27.9 Å². The first-order valence-electron chi connectivity index (χ1n) is 8.21. The van der Waals surface area contributed by atoms with E-state index in [-0.39, 0.29) is 24.7 Å². The summed E-state index contributed by atoms with van der Waals surface area (Å²) in [6.45, 7) is 1.47. The van der Waals surface area contributed by atoms with E-state index in [9.17, 15) is 9.59 Å². The summed E-state index contributed by atoms with van der Waals surface area (Å²) in [7, 11) is 0. The molecule has 0 saturated heterocycles. The molecule has 4 aromatic rings. The van der Waals surface area contributed by atoms with E-state index in [1.165, 1.54) is 0 Å². The minimum absolute atomic E-state index is 0.000241. The summed E-state index contributed by atoms with van der Waals surface area (Å²) in [5.74, 6) is 0.0255. The fourth-order valence-corrected chi connectivity index (χ4v) is 2.91. The molecule has 26 heavy (non-hydrogen) atoms. The van der Waals surface area contributed by atoms with Gasteiger partial charge in [0.25, 0.3) is 0 Å². The van der Waals surface area contributed by atoms with Crippen LogP contribution in [0.4, 0.5) is 0 Å². The zero-order valence-corrected chi connectivity index (χ0v) is 14.1. The zero-order valence-electron chi connectivity index (χ0n) is 14.1. The number of carbonyl (C=O) groups excluding carboxylic acids is 2. The van der Waals surface area contributed by atoms with Gasteiger partial charge in [-0.15, -0.1) is 0 Å². The van der Waals surface area contributed by atoms with Crippen molar-refractivity contribution in [3.05, 3.63) is 66.2 Å². The van der Waals surface area contributed by atoms with Crippen molar-refractivity contribution in [1.29, 1.82) is 0 Å². The van der Waals surface area contributed by atoms with Gasteiger partial charge in [0.15, 0.2) is 12.4 Å². The van der Waals surface area contributed by atoms with Crippen LogP contribution in [0.15, 0.2) is 59.0 Å². The second kappa shape index (κ2) is 6.48. The molecule has 0 fully saturated rings. The molecule has 130 valence electrons. The van der Waals surface area contributed by atoms with E-state index in [2.05, 4.69) is 4.98 Å². The van der Waals surface area contributed by atoms with Gasteiger partial charge in [0.2, 0.25) is 5.78 Å². The Morgan fingerprint density at radius 1 is 1.12 bits per heavy atom. The van der Waals surface area contributed by atoms with Crippen molar-refractivity contribution in [1.82, 2.24) is 9.55 Å². The van der Waals surface area contributed by atoms with Crippen LogP contribution in [0.5, 0.6) is 0 Å². The van der Waals surface area contributed by atoms with Gasteiger partial charge in [0.1, 0.15) is 18.0 Å². The summed E-state index contributed by atoms with van der Waals surface area (Å²) in [4.78, 5) is 28.8. The summed E-state index contributed by atoms with van der Waals surface area (Å²) in [5.41, 5.74) is 2.30. The van der Waals surface area contributed by atoms with Gasteiger partial charge in [-0.25, -0.2) is 4.98 Å². The first kappa shape index (κ1) is 16.1. The van der Waals surface area contributed by atoms with Gasteiger partial charge in [-0.1, -0.05) is 30.3 Å². The number of hydrogen-bond acceptors (Lipinski definition) is 5. The summed E-state index contributed by atoms with van der Waals surface area (Å²) >= 11 is 0. The third kappa shape index (κ3) is 2.97. The highest BCUT2D eigenvalue weighted by Crippen LogP contribution is 2.19. The molecule has 2 aromatic carbocycles. The molecule has 6 nitrogen and oxygen atoms in total. The van der Waals surface area contributed by atoms with Crippen LogP contribution in [0.1, 0.15) is 16.4 Å². The van der Waals surface area contributed by atoms with E-state index in [0.29, 0.717) is 11.4 Å². The number of imidazole rings is 1. The fraction of sp³-hybridized carbons (Fsp3) is 0.150. The molecule has 2 aromatic heterocycles. The SMILES string of the molecule is Cc1nc2ccccc2n1CC(=O)OCC(=O)c1cc2ccccc2o1. The molecule has 0 spiro atoms. The number of fused-ring (bicyclic) bond motifs is 2. The predicted molar refractivity (Wildman–Crippen MR) is 96.0 cm³/mol. The number of aromatic nitrogens is 2. The third-order valence-electron chi connectivity index (χ3n) is 4.20. The Morgan fingerprint density at radius 3 is 2.73 bits per heavy atom. The number of benzene rings is 2. The van der Waals surface area contributed by atoms with E-state index < -0.39 is 5.97 Å². The smallest absolute Gasteiger partial charge is 0.326 e. The molecule has 0 aliphatic carbocycles. The number of rotatable bonds is 5. The Morgan fingerprint density at radius 2 is 1.88 bits per heavy atom. The van der Waals surface area contributed by atoms with Crippen LogP contribution in [-0.2, 0) is 16.1 Å². The highest BCUT2D eigenvalue weighted by atomic mass is 16.5. The number of para-hydroxylation sites is 3. The van der Waals surface area contributed by atoms with E-state index in [1.54, 1.807) is 16.7 Å². The number of nitrogens with zero attached hydrogens (tertiary/aromatic N) is 2. The number of furan rings is 1. The Bertz CT molecular complexity index is 1090. The zero-order chi connectivity index (χ0) is 18.1. The molecule has 2 heterocycles. The Hall–Kier alpha value is -3.41. The number of Topliss-reactive ketones (excluding diaryl/α,β-unsaturated/α-hetero) is 1. The van der Waals surface area contributed by atoms with E-state index in [4.69, 9.17) is 9.15 Å². The van der Waals surface area contributed by atoms with Crippen LogP contribution < -0.4 is 0 Å². The van der Waals surface area contributed by atoms with Crippen molar-refractivity contribution in [2.75, 3.05) is 6.61 Å². The Balaban J connectivity index is 1.43. The number of carbonyl (C=O) groups is 2. The normalized spacial score (nSPS) is 11.1. The Kier molecular flexibility index (Phi) is 4.01. The molecule has 0 aliphatic rings. The van der Waals surface area contributed by atoms with Crippen molar-refractivity contribution < 1.29 is 18.7 Å². The van der Waals surface area contributed by atoms with Crippen LogP contribution in [0.3, 0.4) is 0 Å². The average molecular weight is 348 g/mol. The quantitative estimate of drug-likeness (QED) is 0.407. The van der Waals surface area contributed by atoms with Crippen LogP contribution in [0.25, 0.3) is 22.0 Å². The summed E-state index contributed by atoms with van der Waals surface area (Å²) in [6.07, 6.45) is 0. The number of hydrogen-bond donors (Lipinski definition) is 0. The molecule has 0 bridgehead atoms. The molecule has 4 rings (SSSR count). The van der Waals surface area contributed by atoms with Crippen LogP contribution >= 0.6 is 0 Å². The molecular formula is C20H16N2O4. The maximum Gasteiger partial charge on any atom is 0.326 e. The number of esters is 1. The summed E-state index contributed by atoms with van der Waals surface area (Å²) < 4.78 is 12.4. The molecule has 0 aliphatic heterocycles. The van der Waals surface area contributed by atoms with Gasteiger partial charge in [-0.2, -0.15) is 0 Å². The minimum Gasteiger partial charge on any atom is -0.456 e. The summed E-state index contributed by atoms with van der Waals surface area (Å²) in [5, 5.41) is 0.836. The first-order valence-corrected chi connectivity index (χ1v) is 8.21. The standard InChI is InChI=1S/C20H16N2O4/c1-13-21-15-7-3-4-8-16(15)22(13)11-20(24)25-12-17(23)19-10-14-6-2-5-9-18(14)26-19/h2-10H,11-12H2,1H3. The van der Waals surface area contributed by atoms with Gasteiger partial charge in [0.05, 0.1) is 11.0 Å².